The van der Waals surface area contributed by atoms with Crippen molar-refractivity contribution in [2.45, 2.75) is 6.92 Å². The van der Waals surface area contributed by atoms with Gasteiger partial charge in [0.1, 0.15) is 11.1 Å². The highest BCUT2D eigenvalue weighted by atomic mass is 32.1. The first-order chi connectivity index (χ1) is 15.5. The summed E-state index contributed by atoms with van der Waals surface area (Å²) in [4.78, 5) is 41.0. The standard InChI is InChI=1S/C22H15N5O4S/c1-12(28)23-15-8-6-13(7-9-15)17-11-32-22-25-21(26-27(17)22)24-19(29)16-10-14-4-2-3-5-18(14)31-20(16)30/h2-11H,1H3,(H,23,28)(H,24,26,29). The molecule has 0 radical (unpaired) electrons. The van der Waals surface area contributed by atoms with Crippen LogP contribution in [-0.4, -0.2) is 26.4 Å². The second-order valence-corrected chi connectivity index (χ2v) is 7.79. The molecule has 158 valence electrons. The molecule has 2 amide bonds. The van der Waals surface area contributed by atoms with Gasteiger partial charge in [0.05, 0.1) is 5.69 Å². The first kappa shape index (κ1) is 19.6. The third kappa shape index (κ3) is 3.63. The lowest BCUT2D eigenvalue weighted by Crippen LogP contribution is -2.21. The van der Waals surface area contributed by atoms with E-state index in [4.69, 9.17) is 4.42 Å². The highest BCUT2D eigenvalue weighted by molar-refractivity contribution is 7.15. The fraction of sp³-hybridized carbons (Fsp3) is 0.0455. The summed E-state index contributed by atoms with van der Waals surface area (Å²) in [6, 6.07) is 15.7. The van der Waals surface area contributed by atoms with Crippen LogP contribution in [0.4, 0.5) is 11.6 Å². The van der Waals surface area contributed by atoms with E-state index in [0.29, 0.717) is 21.6 Å². The molecule has 5 aromatic rings. The van der Waals surface area contributed by atoms with Crippen molar-refractivity contribution in [2.75, 3.05) is 10.6 Å². The monoisotopic (exact) mass is 445 g/mol. The predicted octanol–water partition coefficient (Wildman–Crippen LogP) is 3.77. The summed E-state index contributed by atoms with van der Waals surface area (Å²) in [7, 11) is 0. The third-order valence-electron chi connectivity index (χ3n) is 4.69. The molecule has 0 aliphatic rings. The number of rotatable bonds is 4. The van der Waals surface area contributed by atoms with Gasteiger partial charge in [0.2, 0.25) is 10.9 Å². The maximum absolute atomic E-state index is 12.7. The van der Waals surface area contributed by atoms with Crippen molar-refractivity contribution in [1.29, 1.82) is 0 Å². The second-order valence-electron chi connectivity index (χ2n) is 6.95. The Morgan fingerprint density at radius 2 is 1.84 bits per heavy atom. The van der Waals surface area contributed by atoms with Crippen molar-refractivity contribution in [3.05, 3.63) is 76.0 Å². The summed E-state index contributed by atoms with van der Waals surface area (Å²) in [6.07, 6.45) is 0. The molecule has 0 bridgehead atoms. The summed E-state index contributed by atoms with van der Waals surface area (Å²) < 4.78 is 6.83. The molecule has 10 heteroatoms. The summed E-state index contributed by atoms with van der Waals surface area (Å²) in [5.74, 6) is -0.720. The highest BCUT2D eigenvalue weighted by Crippen LogP contribution is 2.27. The predicted molar refractivity (Wildman–Crippen MR) is 121 cm³/mol. The van der Waals surface area contributed by atoms with Crippen molar-refractivity contribution < 1.29 is 14.0 Å². The van der Waals surface area contributed by atoms with Gasteiger partial charge in [-0.15, -0.1) is 16.4 Å². The summed E-state index contributed by atoms with van der Waals surface area (Å²) in [6.45, 7) is 1.45. The number of para-hydroxylation sites is 1. The first-order valence-electron chi connectivity index (χ1n) is 9.54. The molecule has 5 rings (SSSR count). The van der Waals surface area contributed by atoms with Gasteiger partial charge in [0.15, 0.2) is 0 Å². The topological polar surface area (TPSA) is 119 Å². The minimum absolute atomic E-state index is 0.0746. The van der Waals surface area contributed by atoms with Crippen LogP contribution >= 0.6 is 11.3 Å². The van der Waals surface area contributed by atoms with Crippen molar-refractivity contribution in [3.8, 4) is 11.3 Å². The van der Waals surface area contributed by atoms with E-state index in [1.807, 2.05) is 17.5 Å². The number of amides is 2. The van der Waals surface area contributed by atoms with Gasteiger partial charge in [0.25, 0.3) is 11.9 Å². The zero-order valence-electron chi connectivity index (χ0n) is 16.7. The largest absolute Gasteiger partial charge is 0.422 e. The van der Waals surface area contributed by atoms with Crippen LogP contribution in [0.2, 0.25) is 0 Å². The lowest BCUT2D eigenvalue weighted by atomic mass is 10.1. The number of nitrogens with one attached hydrogen (secondary N) is 2. The normalized spacial score (nSPS) is 11.0. The number of hydrogen-bond acceptors (Lipinski definition) is 7. The van der Waals surface area contributed by atoms with Gasteiger partial charge in [-0.2, -0.15) is 4.98 Å². The summed E-state index contributed by atoms with van der Waals surface area (Å²) in [5.41, 5.74) is 1.87. The molecule has 0 aliphatic carbocycles. The van der Waals surface area contributed by atoms with Gasteiger partial charge in [-0.25, -0.2) is 9.31 Å². The van der Waals surface area contributed by atoms with E-state index in [0.717, 1.165) is 11.3 Å². The Morgan fingerprint density at radius 3 is 2.62 bits per heavy atom. The number of carbonyl (C=O) groups excluding carboxylic acids is 2. The van der Waals surface area contributed by atoms with Gasteiger partial charge in [0, 0.05) is 28.9 Å². The Labute approximate surface area is 184 Å². The van der Waals surface area contributed by atoms with E-state index >= 15 is 0 Å². The van der Waals surface area contributed by atoms with Crippen molar-refractivity contribution in [3.63, 3.8) is 0 Å². The Morgan fingerprint density at radius 1 is 1.06 bits per heavy atom. The quantitative estimate of drug-likeness (QED) is 0.407. The molecule has 0 unspecified atom stereocenters. The van der Waals surface area contributed by atoms with E-state index in [1.54, 1.807) is 40.9 Å². The number of carbonyl (C=O) groups is 2. The fourth-order valence-corrected chi connectivity index (χ4v) is 4.08. The molecule has 0 fully saturated rings. The zero-order valence-corrected chi connectivity index (χ0v) is 17.5. The van der Waals surface area contributed by atoms with Gasteiger partial charge >= 0.3 is 5.63 Å². The third-order valence-corrected chi connectivity index (χ3v) is 5.51. The number of nitrogens with zero attached hydrogens (tertiary/aromatic N) is 3. The van der Waals surface area contributed by atoms with Crippen molar-refractivity contribution in [2.24, 2.45) is 0 Å². The molecule has 0 saturated heterocycles. The molecule has 2 aromatic carbocycles. The van der Waals surface area contributed by atoms with Gasteiger partial charge in [-0.3, -0.25) is 14.9 Å². The molecule has 0 atom stereocenters. The van der Waals surface area contributed by atoms with E-state index in [-0.39, 0.29) is 17.4 Å². The number of thiazole rings is 1. The van der Waals surface area contributed by atoms with E-state index in [9.17, 15) is 14.4 Å². The lowest BCUT2D eigenvalue weighted by Gasteiger charge is -2.04. The highest BCUT2D eigenvalue weighted by Gasteiger charge is 2.18. The van der Waals surface area contributed by atoms with E-state index in [2.05, 4.69) is 20.7 Å². The van der Waals surface area contributed by atoms with Crippen LogP contribution < -0.4 is 16.3 Å². The minimum atomic E-state index is -0.734. The fourth-order valence-electron chi connectivity index (χ4n) is 3.25. The average Bonchev–Trinajstić information content (AvgIpc) is 3.33. The van der Waals surface area contributed by atoms with Crippen LogP contribution in [0.3, 0.4) is 0 Å². The maximum atomic E-state index is 12.7. The summed E-state index contributed by atoms with van der Waals surface area (Å²) in [5, 5.41) is 12.2. The average molecular weight is 445 g/mol. The summed E-state index contributed by atoms with van der Waals surface area (Å²) >= 11 is 1.36. The van der Waals surface area contributed by atoms with E-state index < -0.39 is 11.5 Å². The second kappa shape index (κ2) is 7.75. The molecular formula is C22H15N5O4S. The molecule has 2 N–H and O–H groups in total. The number of hydrogen-bond donors (Lipinski definition) is 2. The van der Waals surface area contributed by atoms with Crippen LogP contribution in [0.5, 0.6) is 0 Å². The minimum Gasteiger partial charge on any atom is -0.422 e. The lowest BCUT2D eigenvalue weighted by molar-refractivity contribution is -0.114. The Kier molecular flexibility index (Phi) is 4.75. The van der Waals surface area contributed by atoms with Crippen LogP contribution in [0.25, 0.3) is 27.2 Å². The molecule has 0 saturated carbocycles. The molecular weight excluding hydrogens is 430 g/mol. The van der Waals surface area contributed by atoms with Gasteiger partial charge in [-0.05, 0) is 24.3 Å². The molecule has 3 aromatic heterocycles. The number of aromatic nitrogens is 3. The van der Waals surface area contributed by atoms with Crippen LogP contribution in [0, 0.1) is 0 Å². The van der Waals surface area contributed by atoms with Crippen LogP contribution in [0.1, 0.15) is 17.3 Å². The zero-order chi connectivity index (χ0) is 22.2. The van der Waals surface area contributed by atoms with Crippen LogP contribution in [0.15, 0.2) is 69.2 Å². The molecule has 0 spiro atoms. The molecule has 0 aliphatic heterocycles. The van der Waals surface area contributed by atoms with Crippen LogP contribution in [-0.2, 0) is 4.79 Å². The van der Waals surface area contributed by atoms with Gasteiger partial charge in [-0.1, -0.05) is 30.3 Å². The van der Waals surface area contributed by atoms with Crippen molar-refractivity contribution >= 4 is 50.7 Å². The van der Waals surface area contributed by atoms with Crippen molar-refractivity contribution in [1.82, 2.24) is 14.6 Å². The van der Waals surface area contributed by atoms with Gasteiger partial charge < -0.3 is 9.73 Å². The SMILES string of the molecule is CC(=O)Nc1ccc(-c2csc3nc(NC(=O)c4cc5ccccc5oc4=O)nn23)cc1. The number of benzene rings is 2. The number of fused-ring (bicyclic) bond motifs is 2. The smallest absolute Gasteiger partial charge is 0.349 e. The first-order valence-corrected chi connectivity index (χ1v) is 10.4. The molecule has 9 nitrogen and oxygen atoms in total. The van der Waals surface area contributed by atoms with E-state index in [1.165, 1.54) is 24.3 Å². The Balaban J connectivity index is 1.42. The Hall–Kier alpha value is -4.31. The maximum Gasteiger partial charge on any atom is 0.349 e. The Bertz CT molecular complexity index is 1550. The molecule has 3 heterocycles. The number of anilines is 2. The molecule has 32 heavy (non-hydrogen) atoms.